The molecule has 1 aromatic heterocycles. The zero-order valence-electron chi connectivity index (χ0n) is 23.5. The molecule has 2 heterocycles. The van der Waals surface area contributed by atoms with Crippen LogP contribution in [0.5, 0.6) is 5.75 Å². The number of hydrogen-bond acceptors (Lipinski definition) is 8. The molecule has 0 atom stereocenters. The van der Waals surface area contributed by atoms with Gasteiger partial charge in [0.2, 0.25) is 0 Å². The number of nitrogens with zero attached hydrogens (tertiary/aromatic N) is 3. The van der Waals surface area contributed by atoms with Gasteiger partial charge in [0.15, 0.2) is 5.69 Å². The van der Waals surface area contributed by atoms with Crippen molar-refractivity contribution in [3.05, 3.63) is 63.9 Å². The van der Waals surface area contributed by atoms with E-state index in [0.29, 0.717) is 39.2 Å². The number of aromatic nitrogens is 2. The fourth-order valence-corrected chi connectivity index (χ4v) is 5.66. The van der Waals surface area contributed by atoms with E-state index in [1.54, 1.807) is 49.4 Å². The molecule has 11 nitrogen and oxygen atoms in total. The van der Waals surface area contributed by atoms with E-state index in [9.17, 15) is 21.6 Å². The number of nitrogens with one attached hydrogen (secondary N) is 1. The molecule has 230 valence electrons. The molecule has 0 saturated carbocycles. The number of carbonyl (C=O) groups is 1. The van der Waals surface area contributed by atoms with E-state index in [-0.39, 0.29) is 28.9 Å². The van der Waals surface area contributed by atoms with E-state index in [1.807, 2.05) is 16.5 Å². The lowest BCUT2D eigenvalue weighted by molar-refractivity contribution is 0.0744. The summed E-state index contributed by atoms with van der Waals surface area (Å²) in [5.41, 5.74) is 5.12. The maximum absolute atomic E-state index is 13.2. The Hall–Kier alpha value is -2.68. The summed E-state index contributed by atoms with van der Waals surface area (Å²) >= 11 is 12.6. The summed E-state index contributed by atoms with van der Waals surface area (Å²) in [5.74, 6) is 0.103. The highest BCUT2D eigenvalue weighted by molar-refractivity contribution is 7.87. The van der Waals surface area contributed by atoms with Crippen LogP contribution < -0.4 is 9.61 Å². The second kappa shape index (κ2) is 14.7. The molecule has 1 fully saturated rings. The monoisotopic (exact) mass is 660 g/mol. The van der Waals surface area contributed by atoms with Gasteiger partial charge in [-0.25, -0.2) is 9.99 Å². The summed E-state index contributed by atoms with van der Waals surface area (Å²) in [5, 5.41) is 2.79. The first kappa shape index (κ1) is 33.8. The maximum atomic E-state index is 13.2. The van der Waals surface area contributed by atoms with Crippen LogP contribution in [-0.4, -0.2) is 66.5 Å². The Balaban J connectivity index is 0.000000730. The Labute approximate surface area is 256 Å². The van der Waals surface area contributed by atoms with Crippen molar-refractivity contribution in [3.8, 4) is 22.8 Å². The molecular formula is C27H34Cl2N4O7S2. The molecule has 15 heteroatoms. The standard InChI is InChI=1S/C25H28Cl2N4O4S.C2H6O3S/c1-3-15-36(33,34)35-20-10-8-19(9-11-20)31-17(2)23(25(32)29-30-13-5-4-6-14-30)28-24(31)21-12-7-18(26)16-22(21)27;1-2-6(3,4)5/h7-12,16H,3-6,13-15H2,1-2H3,(H,29,32);2H2,1H3,(H,3,4,5). The SMILES string of the molecule is CCCS(=O)(=O)Oc1ccc(-n2c(-c3ccc(Cl)cc3Cl)nc(C(=O)NN3CCCCC3)c2C)cc1.CCS(=O)(=O)O. The molecular weight excluding hydrogens is 627 g/mol. The predicted molar refractivity (Wildman–Crippen MR) is 163 cm³/mol. The Morgan fingerprint density at radius 3 is 2.19 bits per heavy atom. The topological polar surface area (TPSA) is 148 Å². The van der Waals surface area contributed by atoms with Crippen LogP contribution in [0.15, 0.2) is 42.5 Å². The lowest BCUT2D eigenvalue weighted by Gasteiger charge is -2.26. The normalized spacial score (nSPS) is 14.1. The van der Waals surface area contributed by atoms with Crippen LogP contribution in [0.3, 0.4) is 0 Å². The van der Waals surface area contributed by atoms with Gasteiger partial charge in [-0.1, -0.05) is 36.5 Å². The summed E-state index contributed by atoms with van der Waals surface area (Å²) in [6.07, 6.45) is 3.67. The van der Waals surface area contributed by atoms with Gasteiger partial charge < -0.3 is 4.18 Å². The minimum Gasteiger partial charge on any atom is -0.382 e. The molecule has 0 bridgehead atoms. The van der Waals surface area contributed by atoms with Crippen molar-refractivity contribution in [3.63, 3.8) is 0 Å². The number of amides is 1. The van der Waals surface area contributed by atoms with Gasteiger partial charge in [0.1, 0.15) is 11.6 Å². The first-order valence-corrected chi connectivity index (χ1v) is 17.3. The Kier molecular flexibility index (Phi) is 11.8. The molecule has 0 radical (unpaired) electrons. The Morgan fingerprint density at radius 1 is 1.02 bits per heavy atom. The van der Waals surface area contributed by atoms with E-state index < -0.39 is 20.2 Å². The molecule has 1 aliphatic rings. The zero-order chi connectivity index (χ0) is 31.1. The van der Waals surface area contributed by atoms with Gasteiger partial charge in [-0.15, -0.1) is 0 Å². The van der Waals surface area contributed by atoms with Crippen molar-refractivity contribution < 1.29 is 30.4 Å². The minimum absolute atomic E-state index is 0.0654. The summed E-state index contributed by atoms with van der Waals surface area (Å²) in [6, 6.07) is 11.7. The third-order valence-electron chi connectivity index (χ3n) is 6.25. The van der Waals surface area contributed by atoms with Crippen LogP contribution in [0.2, 0.25) is 10.0 Å². The lowest BCUT2D eigenvalue weighted by Crippen LogP contribution is -2.45. The van der Waals surface area contributed by atoms with Crippen molar-refractivity contribution in [1.29, 1.82) is 0 Å². The van der Waals surface area contributed by atoms with Crippen LogP contribution in [0.25, 0.3) is 17.1 Å². The molecule has 3 aromatic rings. The van der Waals surface area contributed by atoms with Gasteiger partial charge >= 0.3 is 10.1 Å². The van der Waals surface area contributed by atoms with Crippen LogP contribution in [0.4, 0.5) is 0 Å². The van der Waals surface area contributed by atoms with Gasteiger partial charge in [-0.3, -0.25) is 19.3 Å². The van der Waals surface area contributed by atoms with Crippen LogP contribution in [-0.2, 0) is 20.2 Å². The number of carbonyl (C=O) groups excluding carboxylic acids is 1. The minimum atomic E-state index is -3.66. The van der Waals surface area contributed by atoms with E-state index in [4.69, 9.17) is 31.9 Å². The highest BCUT2D eigenvalue weighted by Crippen LogP contribution is 2.33. The second-order valence-electron chi connectivity index (χ2n) is 9.53. The van der Waals surface area contributed by atoms with Crippen molar-refractivity contribution in [2.75, 3.05) is 24.6 Å². The average molecular weight is 662 g/mol. The fraction of sp³-hybridized carbons (Fsp3) is 0.407. The van der Waals surface area contributed by atoms with Gasteiger partial charge in [-0.05, 0) is 75.6 Å². The van der Waals surface area contributed by atoms with E-state index >= 15 is 0 Å². The van der Waals surface area contributed by atoms with Crippen LogP contribution >= 0.6 is 23.2 Å². The Morgan fingerprint density at radius 2 is 1.64 bits per heavy atom. The number of piperidine rings is 1. The number of halogens is 2. The van der Waals surface area contributed by atoms with Crippen molar-refractivity contribution >= 4 is 49.3 Å². The third-order valence-corrected chi connectivity index (χ3v) is 8.88. The highest BCUT2D eigenvalue weighted by atomic mass is 35.5. The molecule has 2 N–H and O–H groups in total. The first-order valence-electron chi connectivity index (χ1n) is 13.3. The number of hydrogen-bond donors (Lipinski definition) is 2. The number of rotatable bonds is 9. The van der Waals surface area contributed by atoms with Crippen molar-refractivity contribution in [1.82, 2.24) is 20.0 Å². The molecule has 0 aliphatic carbocycles. The quantitative estimate of drug-likeness (QED) is 0.230. The molecule has 2 aromatic carbocycles. The van der Waals surface area contributed by atoms with Crippen molar-refractivity contribution in [2.45, 2.75) is 46.5 Å². The third kappa shape index (κ3) is 9.41. The molecule has 0 spiro atoms. The Bertz CT molecular complexity index is 1600. The molecule has 1 saturated heterocycles. The lowest BCUT2D eigenvalue weighted by atomic mass is 10.2. The van der Waals surface area contributed by atoms with Gasteiger partial charge in [0, 0.05) is 29.4 Å². The van der Waals surface area contributed by atoms with Crippen LogP contribution in [0.1, 0.15) is 55.7 Å². The second-order valence-corrected chi connectivity index (χ2v) is 13.8. The van der Waals surface area contributed by atoms with Crippen LogP contribution in [0, 0.1) is 6.92 Å². The summed E-state index contributed by atoms with van der Waals surface area (Å²) in [7, 11) is -7.32. The van der Waals surface area contributed by atoms with Gasteiger partial charge in [-0.2, -0.15) is 16.8 Å². The first-order chi connectivity index (χ1) is 19.7. The molecule has 4 rings (SSSR count). The molecule has 42 heavy (non-hydrogen) atoms. The molecule has 1 aliphatic heterocycles. The van der Waals surface area contributed by atoms with E-state index in [0.717, 1.165) is 32.4 Å². The number of imidazole rings is 1. The predicted octanol–water partition coefficient (Wildman–Crippen LogP) is 5.30. The maximum Gasteiger partial charge on any atom is 0.309 e. The highest BCUT2D eigenvalue weighted by Gasteiger charge is 2.25. The smallest absolute Gasteiger partial charge is 0.309 e. The zero-order valence-corrected chi connectivity index (χ0v) is 26.7. The summed E-state index contributed by atoms with van der Waals surface area (Å²) in [6.45, 7) is 6.54. The number of benzene rings is 2. The van der Waals surface area contributed by atoms with Crippen molar-refractivity contribution in [2.24, 2.45) is 0 Å². The summed E-state index contributed by atoms with van der Waals surface area (Å²) in [4.78, 5) is 17.9. The average Bonchev–Trinajstić information content (AvgIpc) is 3.26. The fourth-order valence-electron chi connectivity index (χ4n) is 4.18. The van der Waals surface area contributed by atoms with Gasteiger partial charge in [0.05, 0.1) is 22.2 Å². The molecule has 0 unspecified atom stereocenters. The molecule has 1 amide bonds. The number of hydrazine groups is 1. The summed E-state index contributed by atoms with van der Waals surface area (Å²) < 4.78 is 58.0. The van der Waals surface area contributed by atoms with E-state index in [2.05, 4.69) is 10.4 Å². The van der Waals surface area contributed by atoms with E-state index in [1.165, 1.54) is 6.92 Å². The van der Waals surface area contributed by atoms with Gasteiger partial charge in [0.25, 0.3) is 16.0 Å². The largest absolute Gasteiger partial charge is 0.382 e.